The lowest BCUT2D eigenvalue weighted by molar-refractivity contribution is 0.101. The van der Waals surface area contributed by atoms with Crippen molar-refractivity contribution in [3.8, 4) is 0 Å². The number of likely N-dealkylation sites (tertiary alicyclic amines) is 1. The van der Waals surface area contributed by atoms with Gasteiger partial charge < -0.3 is 10.2 Å². The number of aryl methyl sites for hydroxylation is 1. The minimum Gasteiger partial charge on any atom is -0.327 e. The van der Waals surface area contributed by atoms with Gasteiger partial charge in [0.25, 0.3) is 0 Å². The van der Waals surface area contributed by atoms with Gasteiger partial charge in [0, 0.05) is 44.1 Å². The summed E-state index contributed by atoms with van der Waals surface area (Å²) in [5.41, 5.74) is 4.80. The zero-order valence-electron chi connectivity index (χ0n) is 16.5. The molecule has 3 aromatic rings. The molecule has 0 unspecified atom stereocenters. The third kappa shape index (κ3) is 3.88. The van der Waals surface area contributed by atoms with Crippen molar-refractivity contribution in [3.05, 3.63) is 41.7 Å². The minimum atomic E-state index is -0.0815. The highest BCUT2D eigenvalue weighted by atomic mass is 32.1. The Morgan fingerprint density at radius 2 is 2.25 bits per heavy atom. The van der Waals surface area contributed by atoms with Crippen molar-refractivity contribution in [2.24, 2.45) is 13.0 Å². The number of nitrogens with zero attached hydrogens (tertiary/aromatic N) is 5. The van der Waals surface area contributed by atoms with Crippen LogP contribution in [0.1, 0.15) is 24.4 Å². The van der Waals surface area contributed by atoms with Crippen molar-refractivity contribution < 1.29 is 4.79 Å². The summed E-state index contributed by atoms with van der Waals surface area (Å²) in [6, 6.07) is 6.02. The molecular formula is C20H26N6OS. The van der Waals surface area contributed by atoms with E-state index in [1.807, 2.05) is 48.7 Å². The molecular weight excluding hydrogens is 372 g/mol. The number of carbonyl (C=O) groups is 1. The quantitative estimate of drug-likeness (QED) is 0.730. The van der Waals surface area contributed by atoms with Crippen LogP contribution in [0.2, 0.25) is 0 Å². The van der Waals surface area contributed by atoms with Gasteiger partial charge in [0.2, 0.25) is 0 Å². The molecule has 28 heavy (non-hydrogen) atoms. The summed E-state index contributed by atoms with van der Waals surface area (Å²) < 4.78 is 2.92. The second-order valence-electron chi connectivity index (χ2n) is 7.62. The zero-order valence-corrected chi connectivity index (χ0v) is 17.3. The van der Waals surface area contributed by atoms with E-state index in [1.165, 1.54) is 5.56 Å². The molecule has 0 spiro atoms. The molecule has 1 aromatic carbocycles. The van der Waals surface area contributed by atoms with Crippen LogP contribution in [0, 0.1) is 5.92 Å². The van der Waals surface area contributed by atoms with Gasteiger partial charge in [-0.05, 0) is 50.6 Å². The summed E-state index contributed by atoms with van der Waals surface area (Å²) in [7, 11) is 5.98. The molecule has 0 bridgehead atoms. The topological polar surface area (TPSA) is 66.3 Å². The summed E-state index contributed by atoms with van der Waals surface area (Å²) in [6.45, 7) is 1.78. The summed E-state index contributed by atoms with van der Waals surface area (Å²) in [5, 5.41) is 7.36. The highest BCUT2D eigenvalue weighted by Gasteiger charge is 2.32. The van der Waals surface area contributed by atoms with Crippen LogP contribution in [0.15, 0.2) is 36.1 Å². The summed E-state index contributed by atoms with van der Waals surface area (Å²) in [4.78, 5) is 21.2. The Morgan fingerprint density at radius 1 is 1.39 bits per heavy atom. The van der Waals surface area contributed by atoms with Crippen LogP contribution in [0.4, 0.5) is 10.5 Å². The van der Waals surface area contributed by atoms with Gasteiger partial charge in [-0.3, -0.25) is 9.58 Å². The fourth-order valence-corrected chi connectivity index (χ4v) is 4.87. The predicted molar refractivity (Wildman–Crippen MR) is 113 cm³/mol. The lowest BCUT2D eigenvalue weighted by Gasteiger charge is -2.40. The number of thiazole rings is 1. The van der Waals surface area contributed by atoms with Crippen molar-refractivity contribution >= 4 is 33.3 Å². The normalized spacial score (nSPS) is 20.4. The zero-order chi connectivity index (χ0) is 19.7. The van der Waals surface area contributed by atoms with Crippen molar-refractivity contribution in [2.75, 3.05) is 32.5 Å². The van der Waals surface area contributed by atoms with Gasteiger partial charge in [-0.25, -0.2) is 9.78 Å². The number of aromatic nitrogens is 3. The molecule has 8 heteroatoms. The Labute approximate surface area is 169 Å². The van der Waals surface area contributed by atoms with Crippen LogP contribution in [-0.4, -0.2) is 57.8 Å². The summed E-state index contributed by atoms with van der Waals surface area (Å²) in [5.74, 6) is 0.377. The average Bonchev–Trinajstić information content (AvgIpc) is 3.30. The molecule has 1 aliphatic heterocycles. The maximum Gasteiger partial charge on any atom is 0.321 e. The van der Waals surface area contributed by atoms with Crippen molar-refractivity contribution in [1.29, 1.82) is 0 Å². The van der Waals surface area contributed by atoms with E-state index in [0.717, 1.165) is 35.3 Å². The summed E-state index contributed by atoms with van der Waals surface area (Å²) in [6.07, 6.45) is 6.29. The first-order valence-electron chi connectivity index (χ1n) is 9.55. The molecule has 1 fully saturated rings. The number of amides is 2. The molecule has 2 amide bonds. The van der Waals surface area contributed by atoms with Crippen LogP contribution in [0.5, 0.6) is 0 Å². The average molecular weight is 399 g/mol. The molecule has 0 radical (unpaired) electrons. The fraction of sp³-hybridized carbons (Fsp3) is 0.450. The predicted octanol–water partition coefficient (Wildman–Crippen LogP) is 3.58. The Hall–Kier alpha value is -2.45. The molecule has 2 atom stereocenters. The van der Waals surface area contributed by atoms with Crippen molar-refractivity contribution in [2.45, 2.75) is 18.9 Å². The lowest BCUT2D eigenvalue weighted by atomic mass is 9.86. The maximum atomic E-state index is 12.8. The first kappa shape index (κ1) is 18.9. The number of piperidine rings is 1. The molecule has 3 heterocycles. The Balaban J connectivity index is 1.44. The van der Waals surface area contributed by atoms with Gasteiger partial charge in [-0.15, -0.1) is 11.3 Å². The number of nitrogens with one attached hydrogen (secondary N) is 1. The second kappa shape index (κ2) is 7.89. The van der Waals surface area contributed by atoms with Gasteiger partial charge in [-0.2, -0.15) is 5.10 Å². The van der Waals surface area contributed by atoms with Crippen LogP contribution >= 0.6 is 11.3 Å². The van der Waals surface area contributed by atoms with Crippen LogP contribution in [0.3, 0.4) is 0 Å². The van der Waals surface area contributed by atoms with Gasteiger partial charge >= 0.3 is 6.03 Å². The fourth-order valence-electron chi connectivity index (χ4n) is 4.16. The lowest BCUT2D eigenvalue weighted by Crippen LogP contribution is -2.43. The smallest absolute Gasteiger partial charge is 0.321 e. The number of rotatable bonds is 4. The molecule has 7 nitrogen and oxygen atoms in total. The third-order valence-corrected chi connectivity index (χ3v) is 6.30. The molecule has 4 rings (SSSR count). The van der Waals surface area contributed by atoms with Gasteiger partial charge in [-0.1, -0.05) is 0 Å². The molecule has 0 aliphatic carbocycles. The van der Waals surface area contributed by atoms with E-state index in [4.69, 9.17) is 0 Å². The first-order valence-corrected chi connectivity index (χ1v) is 10.4. The van der Waals surface area contributed by atoms with Crippen molar-refractivity contribution in [1.82, 2.24) is 24.6 Å². The van der Waals surface area contributed by atoms with E-state index in [9.17, 15) is 4.79 Å². The van der Waals surface area contributed by atoms with E-state index < -0.39 is 0 Å². The standard InChI is InChI=1S/C20H26N6OS/c1-24-8-4-5-14(19(24)15-10-22-26(3)12-15)11-25(2)20(27)23-16-6-7-17-18(9-16)28-13-21-17/h6-7,9-10,12-14,19H,4-5,8,11H2,1-3H3,(H,23,27)/t14-,19+/m0/s1. The number of benzene rings is 1. The first-order chi connectivity index (χ1) is 13.5. The Kier molecular flexibility index (Phi) is 5.32. The Bertz CT molecular complexity index is 966. The van der Waals surface area contributed by atoms with Crippen molar-refractivity contribution in [3.63, 3.8) is 0 Å². The number of fused-ring (bicyclic) bond motifs is 1. The molecule has 148 valence electrons. The third-order valence-electron chi connectivity index (χ3n) is 5.51. The largest absolute Gasteiger partial charge is 0.327 e. The number of hydrogen-bond donors (Lipinski definition) is 1. The number of urea groups is 1. The molecule has 2 aromatic heterocycles. The molecule has 1 N–H and O–H groups in total. The molecule has 1 saturated heterocycles. The van der Waals surface area contributed by atoms with Crippen LogP contribution < -0.4 is 5.32 Å². The van der Waals surface area contributed by atoms with Gasteiger partial charge in [0.15, 0.2) is 0 Å². The van der Waals surface area contributed by atoms with Gasteiger partial charge in [0.1, 0.15) is 0 Å². The minimum absolute atomic E-state index is 0.0815. The maximum absolute atomic E-state index is 12.8. The Morgan fingerprint density at radius 3 is 3.04 bits per heavy atom. The summed E-state index contributed by atoms with van der Waals surface area (Å²) >= 11 is 1.58. The number of hydrogen-bond acceptors (Lipinski definition) is 5. The SMILES string of the molecule is CN(C[C@@H]1CCCN(C)[C@H]1c1cnn(C)c1)C(=O)Nc1ccc2ncsc2c1. The van der Waals surface area contributed by atoms with E-state index in [2.05, 4.69) is 33.5 Å². The van der Waals surface area contributed by atoms with Crippen LogP contribution in [0.25, 0.3) is 10.2 Å². The molecule has 1 aliphatic rings. The van der Waals surface area contributed by atoms with Crippen LogP contribution in [-0.2, 0) is 7.05 Å². The number of carbonyl (C=O) groups excluding carboxylic acids is 1. The number of anilines is 1. The highest BCUT2D eigenvalue weighted by Crippen LogP contribution is 2.35. The highest BCUT2D eigenvalue weighted by molar-refractivity contribution is 7.16. The van der Waals surface area contributed by atoms with E-state index in [1.54, 1.807) is 16.2 Å². The van der Waals surface area contributed by atoms with E-state index >= 15 is 0 Å². The molecule has 0 saturated carbocycles. The van der Waals surface area contributed by atoms with E-state index in [0.29, 0.717) is 12.5 Å². The van der Waals surface area contributed by atoms with E-state index in [-0.39, 0.29) is 12.1 Å². The van der Waals surface area contributed by atoms with Gasteiger partial charge in [0.05, 0.1) is 21.9 Å². The second-order valence-corrected chi connectivity index (χ2v) is 8.51. The monoisotopic (exact) mass is 398 g/mol.